The number of fused-ring (bicyclic) bond motifs is 1. The Kier molecular flexibility index (Phi) is 8.31. The lowest BCUT2D eigenvalue weighted by molar-refractivity contribution is -0.134. The predicted octanol–water partition coefficient (Wildman–Crippen LogP) is 2.79. The molecule has 100 valence electrons. The van der Waals surface area contributed by atoms with E-state index in [9.17, 15) is 0 Å². The highest BCUT2D eigenvalue weighted by Crippen LogP contribution is 2.17. The molecule has 0 unspecified atom stereocenters. The smallest absolute Gasteiger partial charge is 0.300 e. The minimum absolute atomic E-state index is 0.710. The third kappa shape index (κ3) is 5.50. The first-order valence-corrected chi connectivity index (χ1v) is 6.09. The van der Waals surface area contributed by atoms with Crippen molar-refractivity contribution in [3.05, 3.63) is 36.0 Å². The summed E-state index contributed by atoms with van der Waals surface area (Å²) in [6, 6.07) is 8.29. The van der Waals surface area contributed by atoms with Gasteiger partial charge in [0.15, 0.2) is 0 Å². The van der Waals surface area contributed by atoms with Crippen molar-refractivity contribution in [3.8, 4) is 0 Å². The Hall–Kier alpha value is -1.81. The summed E-state index contributed by atoms with van der Waals surface area (Å²) in [5, 5.41) is 8.71. The zero-order chi connectivity index (χ0) is 14.0. The van der Waals surface area contributed by atoms with Crippen LogP contribution in [0.1, 0.15) is 26.3 Å². The zero-order valence-corrected chi connectivity index (χ0v) is 11.2. The topological polar surface area (TPSA) is 79.1 Å². The summed E-state index contributed by atoms with van der Waals surface area (Å²) in [5.41, 5.74) is 8.01. The number of nitrogens with one attached hydrogen (secondary N) is 1. The van der Waals surface area contributed by atoms with Crippen molar-refractivity contribution < 1.29 is 9.90 Å². The maximum Gasteiger partial charge on any atom is 0.300 e. The quantitative estimate of drug-likeness (QED) is 0.766. The Morgan fingerprint density at radius 1 is 1.33 bits per heavy atom. The molecule has 4 N–H and O–H groups in total. The number of hydrogen-bond acceptors (Lipinski definition) is 2. The predicted molar refractivity (Wildman–Crippen MR) is 75.7 cm³/mol. The molecule has 1 aromatic heterocycles. The molecular weight excluding hydrogens is 228 g/mol. The third-order valence-electron chi connectivity index (χ3n) is 2.09. The Labute approximate surface area is 108 Å². The van der Waals surface area contributed by atoms with Crippen LogP contribution >= 0.6 is 0 Å². The highest BCUT2D eigenvalue weighted by Gasteiger charge is 1.99. The van der Waals surface area contributed by atoms with Gasteiger partial charge in [0.1, 0.15) is 0 Å². The Morgan fingerprint density at radius 2 is 1.89 bits per heavy atom. The average Bonchev–Trinajstić information content (AvgIpc) is 2.76. The largest absolute Gasteiger partial charge is 0.481 e. The zero-order valence-electron chi connectivity index (χ0n) is 11.2. The average molecular weight is 250 g/mol. The molecule has 0 aliphatic rings. The fourth-order valence-electron chi connectivity index (χ4n) is 1.49. The number of aliphatic carboxylic acids is 1. The monoisotopic (exact) mass is 250 g/mol. The second-order valence-corrected chi connectivity index (χ2v) is 3.42. The second-order valence-electron chi connectivity index (χ2n) is 3.42. The fraction of sp³-hybridized carbons (Fsp3) is 0.357. The van der Waals surface area contributed by atoms with Gasteiger partial charge in [0.05, 0.1) is 0 Å². The molecule has 4 nitrogen and oxygen atoms in total. The minimum Gasteiger partial charge on any atom is -0.481 e. The van der Waals surface area contributed by atoms with Crippen LogP contribution in [0.4, 0.5) is 0 Å². The minimum atomic E-state index is -0.833. The van der Waals surface area contributed by atoms with Gasteiger partial charge in [-0.05, 0) is 24.6 Å². The molecule has 0 saturated carbocycles. The number of nitrogens with two attached hydrogens (primary N) is 1. The molecule has 0 aliphatic heterocycles. The van der Waals surface area contributed by atoms with Crippen LogP contribution in [0, 0.1) is 0 Å². The summed E-state index contributed by atoms with van der Waals surface area (Å²) in [6.07, 6.45) is 2.99. The SMILES string of the molecule is CC.CC(=O)O.NCCc1c[nH]c2ccccc12. The van der Waals surface area contributed by atoms with Crippen LogP contribution in [-0.4, -0.2) is 22.6 Å². The van der Waals surface area contributed by atoms with Crippen molar-refractivity contribution in [2.45, 2.75) is 27.2 Å². The summed E-state index contributed by atoms with van der Waals surface area (Å²) in [5.74, 6) is -0.833. The van der Waals surface area contributed by atoms with E-state index >= 15 is 0 Å². The van der Waals surface area contributed by atoms with E-state index in [1.54, 1.807) is 0 Å². The van der Waals surface area contributed by atoms with E-state index in [-0.39, 0.29) is 0 Å². The number of carboxylic acid groups (broad SMARTS) is 1. The van der Waals surface area contributed by atoms with Crippen molar-refractivity contribution in [2.75, 3.05) is 6.54 Å². The highest BCUT2D eigenvalue weighted by atomic mass is 16.4. The van der Waals surface area contributed by atoms with Gasteiger partial charge in [0.25, 0.3) is 5.97 Å². The Morgan fingerprint density at radius 3 is 2.44 bits per heavy atom. The Bertz CT molecular complexity index is 460. The molecule has 18 heavy (non-hydrogen) atoms. The third-order valence-corrected chi connectivity index (χ3v) is 2.09. The highest BCUT2D eigenvalue weighted by molar-refractivity contribution is 5.83. The number of para-hydroxylation sites is 1. The van der Waals surface area contributed by atoms with Crippen molar-refractivity contribution in [3.63, 3.8) is 0 Å². The number of benzene rings is 1. The summed E-state index contributed by atoms with van der Waals surface area (Å²) in [4.78, 5) is 12.2. The van der Waals surface area contributed by atoms with Gasteiger partial charge in [-0.3, -0.25) is 4.79 Å². The first-order valence-electron chi connectivity index (χ1n) is 6.09. The maximum atomic E-state index is 9.00. The van der Waals surface area contributed by atoms with Gasteiger partial charge < -0.3 is 15.8 Å². The van der Waals surface area contributed by atoms with Crippen LogP contribution in [0.25, 0.3) is 10.9 Å². The van der Waals surface area contributed by atoms with Crippen molar-refractivity contribution >= 4 is 16.9 Å². The van der Waals surface area contributed by atoms with Crippen LogP contribution in [0.15, 0.2) is 30.5 Å². The molecule has 0 spiro atoms. The fourth-order valence-corrected chi connectivity index (χ4v) is 1.49. The van der Waals surface area contributed by atoms with E-state index in [1.807, 2.05) is 26.1 Å². The summed E-state index contributed by atoms with van der Waals surface area (Å²) >= 11 is 0. The van der Waals surface area contributed by atoms with Crippen molar-refractivity contribution in [1.82, 2.24) is 4.98 Å². The van der Waals surface area contributed by atoms with Crippen molar-refractivity contribution in [2.24, 2.45) is 5.73 Å². The molecule has 1 aromatic carbocycles. The molecule has 1 heterocycles. The van der Waals surface area contributed by atoms with E-state index in [1.165, 1.54) is 16.5 Å². The number of H-pyrrole nitrogens is 1. The summed E-state index contributed by atoms with van der Waals surface area (Å²) in [7, 11) is 0. The molecular formula is C14H22N2O2. The lowest BCUT2D eigenvalue weighted by atomic mass is 10.1. The number of carbonyl (C=O) groups is 1. The molecule has 2 aromatic rings. The molecule has 0 saturated heterocycles. The van der Waals surface area contributed by atoms with Gasteiger partial charge in [-0.1, -0.05) is 32.0 Å². The molecule has 2 rings (SSSR count). The van der Waals surface area contributed by atoms with Crippen LogP contribution in [-0.2, 0) is 11.2 Å². The second kappa shape index (κ2) is 9.24. The van der Waals surface area contributed by atoms with Crippen LogP contribution in [0.5, 0.6) is 0 Å². The van der Waals surface area contributed by atoms with Gasteiger partial charge in [-0.25, -0.2) is 0 Å². The maximum absolute atomic E-state index is 9.00. The number of aromatic amines is 1. The lowest BCUT2D eigenvalue weighted by Crippen LogP contribution is -2.01. The van der Waals surface area contributed by atoms with Gasteiger partial charge in [0, 0.05) is 24.0 Å². The van der Waals surface area contributed by atoms with Gasteiger partial charge >= 0.3 is 0 Å². The summed E-state index contributed by atoms with van der Waals surface area (Å²) in [6.45, 7) is 5.79. The first kappa shape index (κ1) is 16.2. The van der Waals surface area contributed by atoms with E-state index in [4.69, 9.17) is 15.6 Å². The number of hydrogen-bond donors (Lipinski definition) is 3. The molecule has 0 aliphatic carbocycles. The van der Waals surface area contributed by atoms with Crippen LogP contribution < -0.4 is 5.73 Å². The van der Waals surface area contributed by atoms with E-state index in [0.29, 0.717) is 6.54 Å². The van der Waals surface area contributed by atoms with Gasteiger partial charge in [-0.2, -0.15) is 0 Å². The molecule has 0 radical (unpaired) electrons. The van der Waals surface area contributed by atoms with Crippen LogP contribution in [0.2, 0.25) is 0 Å². The number of aromatic nitrogens is 1. The van der Waals surface area contributed by atoms with E-state index < -0.39 is 5.97 Å². The van der Waals surface area contributed by atoms with Crippen molar-refractivity contribution in [1.29, 1.82) is 0 Å². The van der Waals surface area contributed by atoms with Crippen LogP contribution in [0.3, 0.4) is 0 Å². The Balaban J connectivity index is 0.000000415. The molecule has 0 atom stereocenters. The van der Waals surface area contributed by atoms with E-state index in [2.05, 4.69) is 23.2 Å². The van der Waals surface area contributed by atoms with Gasteiger partial charge in [-0.15, -0.1) is 0 Å². The molecule has 0 amide bonds. The number of carboxylic acids is 1. The van der Waals surface area contributed by atoms with E-state index in [0.717, 1.165) is 13.3 Å². The molecule has 0 fully saturated rings. The standard InChI is InChI=1S/C10H12N2.C2H4O2.C2H6/c11-6-5-8-7-12-10-4-2-1-3-9(8)10;1-2(3)4;1-2/h1-4,7,12H,5-6,11H2;1H3,(H,3,4);1-2H3. The molecule has 0 bridgehead atoms. The number of rotatable bonds is 2. The first-order chi connectivity index (χ1) is 8.65. The van der Waals surface area contributed by atoms with Gasteiger partial charge in [0.2, 0.25) is 0 Å². The lowest BCUT2D eigenvalue weighted by Gasteiger charge is -1.93. The molecule has 4 heteroatoms. The summed E-state index contributed by atoms with van der Waals surface area (Å²) < 4.78 is 0. The normalized spacial score (nSPS) is 8.89.